The van der Waals surface area contributed by atoms with Crippen LogP contribution in [-0.2, 0) is 4.74 Å². The van der Waals surface area contributed by atoms with Gasteiger partial charge in [-0.2, -0.15) is 10.2 Å². The maximum absolute atomic E-state index is 14.0. The molecule has 0 bridgehead atoms. The fraction of sp³-hybridized carbons (Fsp3) is 0.360. The topological polar surface area (TPSA) is 144 Å². The van der Waals surface area contributed by atoms with Crippen LogP contribution in [0.4, 0.5) is 11.8 Å². The van der Waals surface area contributed by atoms with Crippen LogP contribution in [0.15, 0.2) is 46.5 Å². The Hall–Kier alpha value is -4.26. The molecule has 1 saturated carbocycles. The molecule has 3 atom stereocenters. The van der Waals surface area contributed by atoms with Crippen LogP contribution in [0, 0.1) is 17.2 Å². The number of nitrogens with one attached hydrogen (secondary N) is 1. The highest BCUT2D eigenvalue weighted by Gasteiger charge is 2.33. The van der Waals surface area contributed by atoms with Gasteiger partial charge in [-0.1, -0.05) is 25.1 Å². The fourth-order valence-electron chi connectivity index (χ4n) is 4.67. The number of nitrogens with zero attached hydrogens (tertiary/aromatic N) is 6. The summed E-state index contributed by atoms with van der Waals surface area (Å²) in [6.45, 7) is 3.94. The molecular formula is C25H26N8O2. The number of nitrogen functional groups attached to an aromatic ring is 1. The van der Waals surface area contributed by atoms with Crippen molar-refractivity contribution in [3.8, 4) is 6.07 Å². The number of aliphatic imine (C=N–C) groups is 1. The van der Waals surface area contributed by atoms with Gasteiger partial charge in [0.2, 0.25) is 5.95 Å². The van der Waals surface area contributed by atoms with Crippen molar-refractivity contribution in [1.82, 2.24) is 19.5 Å². The minimum atomic E-state index is -0.404. The van der Waals surface area contributed by atoms with Gasteiger partial charge < -0.3 is 15.8 Å². The summed E-state index contributed by atoms with van der Waals surface area (Å²) < 4.78 is 7.25. The van der Waals surface area contributed by atoms with Crippen molar-refractivity contribution in [1.29, 1.82) is 5.26 Å². The Morgan fingerprint density at radius 1 is 1.31 bits per heavy atom. The van der Waals surface area contributed by atoms with E-state index in [1.54, 1.807) is 17.9 Å². The number of fused-ring (bicyclic) bond motifs is 1. The predicted molar refractivity (Wildman–Crippen MR) is 133 cm³/mol. The molecule has 2 unspecified atom stereocenters. The first-order valence-corrected chi connectivity index (χ1v) is 11.6. The summed E-state index contributed by atoms with van der Waals surface area (Å²) in [6.07, 6.45) is 6.94. The van der Waals surface area contributed by atoms with E-state index in [9.17, 15) is 10.1 Å². The fourth-order valence-corrected chi connectivity index (χ4v) is 4.67. The molecule has 0 spiro atoms. The number of aromatic nitrogens is 4. The first-order chi connectivity index (χ1) is 16.9. The quantitative estimate of drug-likeness (QED) is 0.577. The zero-order valence-corrected chi connectivity index (χ0v) is 19.8. The van der Waals surface area contributed by atoms with Crippen molar-refractivity contribution in [2.45, 2.75) is 44.7 Å². The van der Waals surface area contributed by atoms with Crippen LogP contribution >= 0.6 is 0 Å². The number of methoxy groups -OCH3 is 1. The SMILES string of the molecule is COC1=NC=CC(c2cccc3nc([C@@H](C)Nc4nc(N)ncc4C#N)n(C4CC4)c(=O)c23)C1C. The number of hydrogen-bond donors (Lipinski definition) is 2. The smallest absolute Gasteiger partial charge is 0.262 e. The van der Waals surface area contributed by atoms with E-state index in [1.165, 1.54) is 6.20 Å². The molecule has 0 amide bonds. The Morgan fingerprint density at radius 2 is 2.11 bits per heavy atom. The normalized spacial score (nSPS) is 20.2. The Morgan fingerprint density at radius 3 is 2.83 bits per heavy atom. The van der Waals surface area contributed by atoms with E-state index in [-0.39, 0.29) is 34.9 Å². The number of rotatable bonds is 5. The molecule has 2 aromatic heterocycles. The lowest BCUT2D eigenvalue weighted by molar-refractivity contribution is 0.361. The average molecular weight is 471 g/mol. The minimum Gasteiger partial charge on any atom is -0.484 e. The molecule has 3 N–H and O–H groups in total. The maximum atomic E-state index is 14.0. The van der Waals surface area contributed by atoms with Gasteiger partial charge in [-0.15, -0.1) is 0 Å². The summed E-state index contributed by atoms with van der Waals surface area (Å²) in [7, 11) is 1.61. The third-order valence-electron chi connectivity index (χ3n) is 6.56. The molecule has 1 aliphatic carbocycles. The van der Waals surface area contributed by atoms with Gasteiger partial charge in [0.25, 0.3) is 5.56 Å². The Kier molecular flexibility index (Phi) is 5.68. The highest BCUT2D eigenvalue weighted by molar-refractivity contribution is 5.86. The number of allylic oxidation sites excluding steroid dienone is 1. The third-order valence-corrected chi connectivity index (χ3v) is 6.56. The van der Waals surface area contributed by atoms with Gasteiger partial charge in [-0.3, -0.25) is 9.36 Å². The van der Waals surface area contributed by atoms with E-state index in [2.05, 4.69) is 26.3 Å². The van der Waals surface area contributed by atoms with Gasteiger partial charge in [0, 0.05) is 24.1 Å². The van der Waals surface area contributed by atoms with Crippen molar-refractivity contribution >= 4 is 28.6 Å². The molecule has 3 heterocycles. The zero-order valence-electron chi connectivity index (χ0n) is 19.8. The lowest BCUT2D eigenvalue weighted by Crippen LogP contribution is -2.30. The number of anilines is 2. The maximum Gasteiger partial charge on any atom is 0.262 e. The van der Waals surface area contributed by atoms with Gasteiger partial charge in [0.05, 0.1) is 30.3 Å². The lowest BCUT2D eigenvalue weighted by atomic mass is 9.84. The Bertz CT molecular complexity index is 1460. The van der Waals surface area contributed by atoms with E-state index in [1.807, 2.05) is 38.1 Å². The zero-order chi connectivity index (χ0) is 24.7. The van der Waals surface area contributed by atoms with Crippen LogP contribution < -0.4 is 16.6 Å². The monoisotopic (exact) mass is 470 g/mol. The summed E-state index contributed by atoms with van der Waals surface area (Å²) in [5, 5.41) is 13.3. The van der Waals surface area contributed by atoms with Crippen molar-refractivity contribution in [3.63, 3.8) is 0 Å². The number of benzene rings is 1. The van der Waals surface area contributed by atoms with Crippen LogP contribution in [0.25, 0.3) is 10.9 Å². The molecule has 178 valence electrons. The molecular weight excluding hydrogens is 444 g/mol. The summed E-state index contributed by atoms with van der Waals surface area (Å²) in [6, 6.07) is 7.52. The van der Waals surface area contributed by atoms with Crippen LogP contribution in [0.1, 0.15) is 61.6 Å². The average Bonchev–Trinajstić information content (AvgIpc) is 3.69. The van der Waals surface area contributed by atoms with Crippen molar-refractivity contribution in [3.05, 3.63) is 64.0 Å². The first-order valence-electron chi connectivity index (χ1n) is 11.6. The molecule has 2 aliphatic rings. The largest absolute Gasteiger partial charge is 0.484 e. The molecule has 1 fully saturated rings. The molecule has 3 aromatic rings. The minimum absolute atomic E-state index is 0.0164. The number of ether oxygens (including phenoxy) is 1. The van der Waals surface area contributed by atoms with Crippen molar-refractivity contribution in [2.75, 3.05) is 18.2 Å². The van der Waals surface area contributed by atoms with Crippen LogP contribution in [0.5, 0.6) is 0 Å². The first kappa shape index (κ1) is 22.5. The van der Waals surface area contributed by atoms with Gasteiger partial charge in [0.15, 0.2) is 5.90 Å². The Balaban J connectivity index is 1.63. The van der Waals surface area contributed by atoms with E-state index >= 15 is 0 Å². The highest BCUT2D eigenvalue weighted by Crippen LogP contribution is 2.38. The number of hydrogen-bond acceptors (Lipinski definition) is 9. The molecule has 0 saturated heterocycles. The van der Waals surface area contributed by atoms with Gasteiger partial charge in [-0.25, -0.2) is 15.0 Å². The second kappa shape index (κ2) is 8.83. The molecule has 35 heavy (non-hydrogen) atoms. The van der Waals surface area contributed by atoms with Crippen molar-refractivity contribution in [2.24, 2.45) is 10.9 Å². The summed E-state index contributed by atoms with van der Waals surface area (Å²) in [4.78, 5) is 31.3. The van der Waals surface area contributed by atoms with Crippen LogP contribution in [-0.4, -0.2) is 32.5 Å². The van der Waals surface area contributed by atoms with E-state index in [0.717, 1.165) is 18.4 Å². The van der Waals surface area contributed by atoms with E-state index in [4.69, 9.17) is 15.5 Å². The predicted octanol–water partition coefficient (Wildman–Crippen LogP) is 3.44. The number of nitrogens with two attached hydrogens (primary N) is 1. The van der Waals surface area contributed by atoms with Gasteiger partial charge >= 0.3 is 0 Å². The molecule has 10 nitrogen and oxygen atoms in total. The third kappa shape index (κ3) is 3.99. The van der Waals surface area contributed by atoms with Crippen LogP contribution in [0.3, 0.4) is 0 Å². The van der Waals surface area contributed by atoms with Crippen molar-refractivity contribution < 1.29 is 4.74 Å². The second-order valence-electron chi connectivity index (χ2n) is 8.91. The standard InChI is InChI=1S/C25H26N8O2/c1-13-17(9-10-28-23(13)35-3)18-5-4-6-19-20(18)24(34)33(16-7-8-16)22(31-19)14(2)30-21-15(11-26)12-29-25(27)32-21/h4-6,9-10,12-14,16-17H,7-8H2,1-3H3,(H3,27,29,30,32)/t13?,14-,17?/m1/s1. The van der Waals surface area contributed by atoms with Gasteiger partial charge in [0.1, 0.15) is 23.3 Å². The van der Waals surface area contributed by atoms with Gasteiger partial charge in [-0.05, 0) is 31.4 Å². The molecule has 5 rings (SSSR count). The summed E-state index contributed by atoms with van der Waals surface area (Å²) in [5.74, 6) is 1.52. The number of nitriles is 1. The highest BCUT2D eigenvalue weighted by atomic mass is 16.5. The molecule has 1 aliphatic heterocycles. The lowest BCUT2D eigenvalue weighted by Gasteiger charge is -2.26. The molecule has 10 heteroatoms. The molecule has 1 aromatic carbocycles. The summed E-state index contributed by atoms with van der Waals surface area (Å²) >= 11 is 0. The van der Waals surface area contributed by atoms with E-state index in [0.29, 0.717) is 28.4 Å². The van der Waals surface area contributed by atoms with Crippen LogP contribution in [0.2, 0.25) is 0 Å². The Labute approximate surface area is 202 Å². The molecule has 0 radical (unpaired) electrons. The second-order valence-corrected chi connectivity index (χ2v) is 8.91. The van der Waals surface area contributed by atoms with E-state index < -0.39 is 6.04 Å². The summed E-state index contributed by atoms with van der Waals surface area (Å²) in [5.41, 5.74) is 7.47.